The number of methoxy groups -OCH3 is 1. The Hall–Kier alpha value is -2.18. The Morgan fingerprint density at radius 2 is 2.17 bits per heavy atom. The largest absolute Gasteiger partial charge is 0.465 e. The molecule has 0 N–H and O–H groups in total. The van der Waals surface area contributed by atoms with Crippen LogP contribution in [0.4, 0.5) is 0 Å². The van der Waals surface area contributed by atoms with E-state index in [1.807, 2.05) is 25.2 Å². The predicted molar refractivity (Wildman–Crippen MR) is 94.3 cm³/mol. The second-order valence-corrected chi connectivity index (χ2v) is 6.85. The molecule has 1 atom stereocenters. The number of aryl methyl sites for hydroxylation is 1. The maximum absolute atomic E-state index is 11.7. The highest BCUT2D eigenvalue weighted by Gasteiger charge is 2.20. The summed E-state index contributed by atoms with van der Waals surface area (Å²) in [6.45, 7) is 4.48. The molecule has 126 valence electrons. The standard InChI is InChI=1S/C18H20N2O3S/c1-11(17-19-15-7-5-6-8-16(15)24-17)20(3)10-13-9-14(12(2)23-13)18(21)22-4/h5-9,11H,10H2,1-4H3/t11-/m0/s1. The molecule has 0 aliphatic carbocycles. The number of fused-ring (bicyclic) bond motifs is 1. The van der Waals surface area contributed by atoms with Crippen LogP contribution in [0.15, 0.2) is 34.7 Å². The SMILES string of the molecule is COC(=O)c1cc(CN(C)[C@@H](C)c2nc3ccccc3s2)oc1C. The zero-order chi connectivity index (χ0) is 17.3. The van der Waals surface area contributed by atoms with Crippen LogP contribution in [0.5, 0.6) is 0 Å². The molecule has 2 heterocycles. The second-order valence-electron chi connectivity index (χ2n) is 5.79. The van der Waals surface area contributed by atoms with Gasteiger partial charge < -0.3 is 9.15 Å². The average Bonchev–Trinajstić information content (AvgIpc) is 3.16. The lowest BCUT2D eigenvalue weighted by Gasteiger charge is -2.21. The third-order valence-corrected chi connectivity index (χ3v) is 5.32. The lowest BCUT2D eigenvalue weighted by Crippen LogP contribution is -2.21. The summed E-state index contributed by atoms with van der Waals surface area (Å²) in [6.07, 6.45) is 0. The minimum Gasteiger partial charge on any atom is -0.465 e. The third kappa shape index (κ3) is 3.20. The Morgan fingerprint density at radius 1 is 1.42 bits per heavy atom. The molecule has 0 saturated carbocycles. The predicted octanol–water partition coefficient (Wildman–Crippen LogP) is 4.18. The van der Waals surface area contributed by atoms with Crippen molar-refractivity contribution in [1.82, 2.24) is 9.88 Å². The molecule has 3 aromatic rings. The smallest absolute Gasteiger partial charge is 0.341 e. The van der Waals surface area contributed by atoms with Gasteiger partial charge in [-0.05, 0) is 39.1 Å². The Kier molecular flexibility index (Phi) is 4.69. The van der Waals surface area contributed by atoms with Crippen LogP contribution in [0.25, 0.3) is 10.2 Å². The van der Waals surface area contributed by atoms with Crippen LogP contribution in [0.2, 0.25) is 0 Å². The molecule has 1 aromatic carbocycles. The van der Waals surface area contributed by atoms with Crippen LogP contribution >= 0.6 is 11.3 Å². The van der Waals surface area contributed by atoms with Gasteiger partial charge in [-0.3, -0.25) is 4.90 Å². The second kappa shape index (κ2) is 6.75. The quantitative estimate of drug-likeness (QED) is 0.650. The summed E-state index contributed by atoms with van der Waals surface area (Å²) < 4.78 is 11.6. The first-order valence-electron chi connectivity index (χ1n) is 7.73. The molecule has 0 spiro atoms. The van der Waals surface area contributed by atoms with Crippen LogP contribution in [-0.4, -0.2) is 30.0 Å². The molecule has 2 aromatic heterocycles. The Labute approximate surface area is 144 Å². The Balaban J connectivity index is 1.76. The van der Waals surface area contributed by atoms with Gasteiger partial charge in [0.05, 0.1) is 29.9 Å². The molecule has 0 saturated heterocycles. The summed E-state index contributed by atoms with van der Waals surface area (Å²) in [5.74, 6) is 0.950. The minimum absolute atomic E-state index is 0.148. The van der Waals surface area contributed by atoms with E-state index in [0.717, 1.165) is 16.3 Å². The molecule has 0 bridgehead atoms. The molecule has 3 rings (SSSR count). The van der Waals surface area contributed by atoms with Crippen molar-refractivity contribution >= 4 is 27.5 Å². The van der Waals surface area contributed by atoms with Crippen LogP contribution in [0.1, 0.15) is 39.9 Å². The van der Waals surface area contributed by atoms with E-state index in [1.165, 1.54) is 11.8 Å². The topological polar surface area (TPSA) is 55.6 Å². The number of furan rings is 1. The molecule has 0 fully saturated rings. The van der Waals surface area contributed by atoms with Crippen LogP contribution < -0.4 is 0 Å². The van der Waals surface area contributed by atoms with Crippen molar-refractivity contribution in [1.29, 1.82) is 0 Å². The van der Waals surface area contributed by atoms with E-state index >= 15 is 0 Å². The number of carbonyl (C=O) groups is 1. The van der Waals surface area contributed by atoms with Crippen molar-refractivity contribution in [2.24, 2.45) is 0 Å². The maximum atomic E-state index is 11.7. The minimum atomic E-state index is -0.371. The van der Waals surface area contributed by atoms with Gasteiger partial charge in [0.2, 0.25) is 0 Å². The number of esters is 1. The molecule has 6 heteroatoms. The zero-order valence-electron chi connectivity index (χ0n) is 14.2. The highest BCUT2D eigenvalue weighted by molar-refractivity contribution is 7.18. The number of nitrogens with zero attached hydrogens (tertiary/aromatic N) is 2. The lowest BCUT2D eigenvalue weighted by molar-refractivity contribution is 0.0599. The van der Waals surface area contributed by atoms with E-state index in [1.54, 1.807) is 24.3 Å². The van der Waals surface area contributed by atoms with Gasteiger partial charge in [0.1, 0.15) is 22.1 Å². The number of thiazole rings is 1. The van der Waals surface area contributed by atoms with E-state index in [9.17, 15) is 4.79 Å². The van der Waals surface area contributed by atoms with Crippen molar-refractivity contribution in [3.05, 3.63) is 52.4 Å². The first kappa shape index (κ1) is 16.7. The molecule has 0 aliphatic rings. The monoisotopic (exact) mass is 344 g/mol. The van der Waals surface area contributed by atoms with Crippen LogP contribution in [-0.2, 0) is 11.3 Å². The lowest BCUT2D eigenvalue weighted by atomic mass is 10.2. The molecular formula is C18H20N2O3S. The summed E-state index contributed by atoms with van der Waals surface area (Å²) in [6, 6.07) is 10.0. The van der Waals surface area contributed by atoms with E-state index in [4.69, 9.17) is 14.1 Å². The van der Waals surface area contributed by atoms with Gasteiger partial charge in [-0.1, -0.05) is 12.1 Å². The third-order valence-electron chi connectivity index (χ3n) is 4.11. The molecule has 0 amide bonds. The molecule has 0 aliphatic heterocycles. The number of benzene rings is 1. The van der Waals surface area contributed by atoms with Gasteiger partial charge in [-0.2, -0.15) is 0 Å². The molecule has 24 heavy (non-hydrogen) atoms. The summed E-state index contributed by atoms with van der Waals surface area (Å²) in [7, 11) is 3.39. The highest BCUT2D eigenvalue weighted by Crippen LogP contribution is 2.30. The fraction of sp³-hybridized carbons (Fsp3) is 0.333. The molecular weight excluding hydrogens is 324 g/mol. The summed E-state index contributed by atoms with van der Waals surface area (Å²) >= 11 is 1.70. The van der Waals surface area contributed by atoms with Crippen molar-refractivity contribution in [3.8, 4) is 0 Å². The summed E-state index contributed by atoms with van der Waals surface area (Å²) in [5.41, 5.74) is 1.51. The van der Waals surface area contributed by atoms with Crippen molar-refractivity contribution in [2.75, 3.05) is 14.2 Å². The maximum Gasteiger partial charge on any atom is 0.341 e. The number of hydrogen-bond acceptors (Lipinski definition) is 6. The van der Waals surface area contributed by atoms with Crippen LogP contribution in [0.3, 0.4) is 0 Å². The Morgan fingerprint density at radius 3 is 2.88 bits per heavy atom. The normalized spacial score (nSPS) is 12.7. The van der Waals surface area contributed by atoms with Crippen LogP contribution in [0, 0.1) is 6.92 Å². The van der Waals surface area contributed by atoms with Gasteiger partial charge in [0.25, 0.3) is 0 Å². The summed E-state index contributed by atoms with van der Waals surface area (Å²) in [4.78, 5) is 18.5. The van der Waals surface area contributed by atoms with Gasteiger partial charge in [-0.25, -0.2) is 9.78 Å². The van der Waals surface area contributed by atoms with E-state index in [2.05, 4.69) is 17.9 Å². The Bertz CT molecular complexity index is 835. The van der Waals surface area contributed by atoms with Gasteiger partial charge in [0.15, 0.2) is 0 Å². The number of carbonyl (C=O) groups excluding carboxylic acids is 1. The van der Waals surface area contributed by atoms with Crippen molar-refractivity contribution < 1.29 is 13.9 Å². The zero-order valence-corrected chi connectivity index (χ0v) is 15.0. The number of ether oxygens (including phenoxy) is 1. The summed E-state index contributed by atoms with van der Waals surface area (Å²) in [5, 5.41) is 1.06. The fourth-order valence-corrected chi connectivity index (χ4v) is 3.66. The van der Waals surface area contributed by atoms with E-state index in [-0.39, 0.29) is 12.0 Å². The first-order chi connectivity index (χ1) is 11.5. The van der Waals surface area contributed by atoms with Crippen molar-refractivity contribution in [2.45, 2.75) is 26.4 Å². The number of hydrogen-bond donors (Lipinski definition) is 0. The number of rotatable bonds is 5. The van der Waals surface area contributed by atoms with E-state index in [0.29, 0.717) is 17.9 Å². The van der Waals surface area contributed by atoms with Gasteiger partial charge in [0, 0.05) is 0 Å². The van der Waals surface area contributed by atoms with Gasteiger partial charge in [-0.15, -0.1) is 11.3 Å². The highest BCUT2D eigenvalue weighted by atomic mass is 32.1. The molecule has 5 nitrogen and oxygen atoms in total. The number of aromatic nitrogens is 1. The van der Waals surface area contributed by atoms with Crippen molar-refractivity contribution in [3.63, 3.8) is 0 Å². The average molecular weight is 344 g/mol. The molecule has 0 unspecified atom stereocenters. The van der Waals surface area contributed by atoms with E-state index < -0.39 is 0 Å². The first-order valence-corrected chi connectivity index (χ1v) is 8.54. The fourth-order valence-electron chi connectivity index (χ4n) is 2.57. The molecule has 0 radical (unpaired) electrons. The number of para-hydroxylation sites is 1. The van der Waals surface area contributed by atoms with Gasteiger partial charge >= 0.3 is 5.97 Å².